The Morgan fingerprint density at radius 2 is 1.55 bits per heavy atom. The van der Waals surface area contributed by atoms with Crippen molar-refractivity contribution in [2.24, 2.45) is 11.8 Å². The van der Waals surface area contributed by atoms with Crippen LogP contribution >= 0.6 is 0 Å². The zero-order chi connectivity index (χ0) is 23.8. The number of carbonyl (C=O) groups excluding carboxylic acids is 2. The normalized spacial score (nSPS) is 21.0. The van der Waals surface area contributed by atoms with Gasteiger partial charge in [-0.3, -0.25) is 9.59 Å². The quantitative estimate of drug-likeness (QED) is 0.673. The Labute approximate surface area is 195 Å². The number of amides is 2. The third kappa shape index (κ3) is 5.62. The molecule has 1 aliphatic heterocycles. The zero-order valence-electron chi connectivity index (χ0n) is 19.3. The average Bonchev–Trinajstić information content (AvgIpc) is 3.57. The van der Waals surface area contributed by atoms with Gasteiger partial charge < -0.3 is 10.2 Å². The van der Waals surface area contributed by atoms with Gasteiger partial charge in [-0.05, 0) is 80.0 Å². The summed E-state index contributed by atoms with van der Waals surface area (Å²) in [6.45, 7) is 7.67. The minimum absolute atomic E-state index is 0.0206. The number of nitrogens with one attached hydrogen (secondary N) is 2. The van der Waals surface area contributed by atoms with E-state index in [-0.39, 0.29) is 22.8 Å². The molecule has 0 spiro atoms. The Balaban J connectivity index is 1.47. The first-order valence-corrected chi connectivity index (χ1v) is 12.9. The summed E-state index contributed by atoms with van der Waals surface area (Å²) in [6.07, 6.45) is 2.84. The molecule has 2 atom stereocenters. The summed E-state index contributed by atoms with van der Waals surface area (Å²) in [4.78, 5) is 27.9. The lowest BCUT2D eigenvalue weighted by molar-refractivity contribution is 0.0623. The summed E-state index contributed by atoms with van der Waals surface area (Å²) >= 11 is 0. The SMILES string of the molecule is Cc1ccc(C(=O)N2CC(C)CC(C)C2)cc1NC(=O)c1ccc(S(=O)(=O)NC2CC2)cc1. The number of benzene rings is 2. The molecule has 33 heavy (non-hydrogen) atoms. The van der Waals surface area contributed by atoms with Crippen LogP contribution in [0.1, 0.15) is 59.4 Å². The van der Waals surface area contributed by atoms with E-state index in [1.54, 1.807) is 12.1 Å². The molecule has 8 heteroatoms. The van der Waals surface area contributed by atoms with Crippen molar-refractivity contribution in [1.82, 2.24) is 9.62 Å². The van der Waals surface area contributed by atoms with E-state index in [1.165, 1.54) is 24.3 Å². The lowest BCUT2D eigenvalue weighted by Crippen LogP contribution is -2.42. The topological polar surface area (TPSA) is 95.6 Å². The van der Waals surface area contributed by atoms with Crippen molar-refractivity contribution in [2.45, 2.75) is 51.0 Å². The van der Waals surface area contributed by atoms with E-state index in [2.05, 4.69) is 23.9 Å². The highest BCUT2D eigenvalue weighted by Gasteiger charge is 2.28. The molecule has 1 saturated heterocycles. The average molecular weight is 470 g/mol. The maximum absolute atomic E-state index is 13.1. The van der Waals surface area contributed by atoms with Crippen LogP contribution in [0.5, 0.6) is 0 Å². The van der Waals surface area contributed by atoms with Gasteiger partial charge in [0.2, 0.25) is 10.0 Å². The van der Waals surface area contributed by atoms with Crippen LogP contribution < -0.4 is 10.0 Å². The van der Waals surface area contributed by atoms with Crippen LogP contribution in [0, 0.1) is 18.8 Å². The Morgan fingerprint density at radius 3 is 2.15 bits per heavy atom. The third-order valence-corrected chi connectivity index (χ3v) is 7.75. The predicted octanol–water partition coefficient (Wildman–Crippen LogP) is 3.81. The second kappa shape index (κ2) is 9.27. The van der Waals surface area contributed by atoms with Crippen molar-refractivity contribution in [3.05, 3.63) is 59.2 Å². The molecule has 2 aliphatic rings. The molecule has 0 radical (unpaired) electrons. The van der Waals surface area contributed by atoms with Crippen LogP contribution in [-0.4, -0.2) is 44.3 Å². The number of likely N-dealkylation sites (tertiary alicyclic amines) is 1. The van der Waals surface area contributed by atoms with Gasteiger partial charge in [0.1, 0.15) is 0 Å². The highest BCUT2D eigenvalue weighted by atomic mass is 32.2. The summed E-state index contributed by atoms with van der Waals surface area (Å²) in [5.74, 6) is 0.547. The van der Waals surface area contributed by atoms with Crippen molar-refractivity contribution < 1.29 is 18.0 Å². The maximum Gasteiger partial charge on any atom is 0.255 e. The molecule has 1 heterocycles. The molecular weight excluding hydrogens is 438 g/mol. The molecule has 2 N–H and O–H groups in total. The van der Waals surface area contributed by atoms with Gasteiger partial charge in [0.25, 0.3) is 11.8 Å². The fourth-order valence-corrected chi connectivity index (χ4v) is 5.67. The molecule has 2 unspecified atom stereocenters. The highest BCUT2D eigenvalue weighted by Crippen LogP contribution is 2.25. The van der Waals surface area contributed by atoms with E-state index >= 15 is 0 Å². The lowest BCUT2D eigenvalue weighted by atomic mass is 9.91. The molecule has 1 saturated carbocycles. The Bertz CT molecular complexity index is 1150. The molecule has 4 rings (SSSR count). The Kier molecular flexibility index (Phi) is 6.59. The number of carbonyl (C=O) groups is 2. The van der Waals surface area contributed by atoms with Gasteiger partial charge in [-0.2, -0.15) is 0 Å². The fourth-order valence-electron chi connectivity index (χ4n) is 4.37. The summed E-state index contributed by atoms with van der Waals surface area (Å²) in [5.41, 5.74) is 2.30. The predicted molar refractivity (Wildman–Crippen MR) is 128 cm³/mol. The van der Waals surface area contributed by atoms with Crippen LogP contribution in [0.3, 0.4) is 0 Å². The second-order valence-corrected chi connectivity index (χ2v) is 11.3. The van der Waals surface area contributed by atoms with E-state index in [0.717, 1.165) is 37.9 Å². The smallest absolute Gasteiger partial charge is 0.255 e. The fraction of sp³-hybridized carbons (Fsp3) is 0.440. The largest absolute Gasteiger partial charge is 0.338 e. The van der Waals surface area contributed by atoms with Gasteiger partial charge >= 0.3 is 0 Å². The molecule has 2 aromatic rings. The Morgan fingerprint density at radius 1 is 0.939 bits per heavy atom. The van der Waals surface area contributed by atoms with Crippen LogP contribution in [0.2, 0.25) is 0 Å². The lowest BCUT2D eigenvalue weighted by Gasteiger charge is -2.35. The number of anilines is 1. The first kappa shape index (κ1) is 23.4. The van der Waals surface area contributed by atoms with Gasteiger partial charge in [0.15, 0.2) is 0 Å². The van der Waals surface area contributed by atoms with Gasteiger partial charge in [0, 0.05) is 35.9 Å². The maximum atomic E-state index is 13.1. The van der Waals surface area contributed by atoms with Gasteiger partial charge in [-0.1, -0.05) is 19.9 Å². The van der Waals surface area contributed by atoms with Crippen LogP contribution in [-0.2, 0) is 10.0 Å². The number of piperidine rings is 1. The monoisotopic (exact) mass is 469 g/mol. The number of nitrogens with zero attached hydrogens (tertiary/aromatic N) is 1. The molecule has 0 aromatic heterocycles. The molecule has 2 aromatic carbocycles. The second-order valence-electron chi connectivity index (χ2n) is 9.56. The molecule has 2 amide bonds. The van der Waals surface area contributed by atoms with Crippen molar-refractivity contribution in [3.8, 4) is 0 Å². The minimum Gasteiger partial charge on any atom is -0.338 e. The summed E-state index contributed by atoms with van der Waals surface area (Å²) in [7, 11) is -3.56. The number of hydrogen-bond acceptors (Lipinski definition) is 4. The third-order valence-electron chi connectivity index (χ3n) is 6.21. The van der Waals surface area contributed by atoms with Crippen LogP contribution in [0.25, 0.3) is 0 Å². The molecule has 176 valence electrons. The number of aryl methyl sites for hydroxylation is 1. The summed E-state index contributed by atoms with van der Waals surface area (Å²) < 4.78 is 27.3. The molecule has 0 bridgehead atoms. The Hall–Kier alpha value is -2.71. The number of rotatable bonds is 6. The van der Waals surface area contributed by atoms with E-state index in [4.69, 9.17) is 0 Å². The van der Waals surface area contributed by atoms with E-state index in [0.29, 0.717) is 28.7 Å². The van der Waals surface area contributed by atoms with Crippen molar-refractivity contribution in [3.63, 3.8) is 0 Å². The van der Waals surface area contributed by atoms with E-state index in [1.807, 2.05) is 17.9 Å². The van der Waals surface area contributed by atoms with Crippen molar-refractivity contribution >= 4 is 27.5 Å². The van der Waals surface area contributed by atoms with Gasteiger partial charge in [-0.25, -0.2) is 13.1 Å². The minimum atomic E-state index is -3.56. The number of hydrogen-bond donors (Lipinski definition) is 2. The van der Waals surface area contributed by atoms with Crippen LogP contribution in [0.4, 0.5) is 5.69 Å². The molecule has 2 fully saturated rings. The first-order valence-electron chi connectivity index (χ1n) is 11.5. The summed E-state index contributed by atoms with van der Waals surface area (Å²) in [6, 6.07) is 11.2. The van der Waals surface area contributed by atoms with Crippen molar-refractivity contribution in [2.75, 3.05) is 18.4 Å². The van der Waals surface area contributed by atoms with Gasteiger partial charge in [-0.15, -0.1) is 0 Å². The summed E-state index contributed by atoms with van der Waals surface area (Å²) in [5, 5.41) is 2.87. The van der Waals surface area contributed by atoms with E-state index < -0.39 is 10.0 Å². The molecular formula is C25H31N3O4S. The van der Waals surface area contributed by atoms with Crippen LogP contribution in [0.15, 0.2) is 47.4 Å². The van der Waals surface area contributed by atoms with E-state index in [9.17, 15) is 18.0 Å². The van der Waals surface area contributed by atoms with Gasteiger partial charge in [0.05, 0.1) is 4.90 Å². The first-order chi connectivity index (χ1) is 15.6. The van der Waals surface area contributed by atoms with Crippen molar-refractivity contribution in [1.29, 1.82) is 0 Å². The zero-order valence-corrected chi connectivity index (χ0v) is 20.1. The molecule has 1 aliphatic carbocycles. The highest BCUT2D eigenvalue weighted by molar-refractivity contribution is 7.89. The number of sulfonamides is 1. The standard InChI is InChI=1S/C25H31N3O4S/c1-16-12-17(2)15-28(14-16)25(30)20-5-4-18(3)23(13-20)26-24(29)19-6-10-22(11-7-19)33(31,32)27-21-8-9-21/h4-7,10-11,13,16-17,21,27H,8-9,12,14-15H2,1-3H3,(H,26,29). The molecule has 7 nitrogen and oxygen atoms in total.